The number of anilines is 1. The summed E-state index contributed by atoms with van der Waals surface area (Å²) in [5.74, 6) is -4.09. The molecule has 4 rings (SSSR count). The minimum absolute atomic E-state index is 0.0287. The van der Waals surface area contributed by atoms with E-state index in [1.54, 1.807) is 29.9 Å². The maximum Gasteiger partial charge on any atom is 0.352 e. The molecule has 1 unspecified atom stereocenters. The molecule has 2 aromatic heterocycles. The molecule has 14 nitrogen and oxygen atoms in total. The van der Waals surface area contributed by atoms with Gasteiger partial charge >= 0.3 is 11.9 Å². The quantitative estimate of drug-likeness (QED) is 0.133. The molecule has 0 bridgehead atoms. The number of amides is 2. The van der Waals surface area contributed by atoms with Crippen LogP contribution in [0.1, 0.15) is 5.82 Å². The van der Waals surface area contributed by atoms with Gasteiger partial charge in [-0.3, -0.25) is 19.5 Å². The smallest absolute Gasteiger partial charge is 0.352 e. The zero-order valence-corrected chi connectivity index (χ0v) is 21.0. The number of carboxylic acid groups (broad SMARTS) is 2. The molecule has 2 aliphatic rings. The summed E-state index contributed by atoms with van der Waals surface area (Å²) in [6, 6.07) is 2.56. The van der Waals surface area contributed by atoms with Crippen LogP contribution in [0.4, 0.5) is 5.13 Å². The van der Waals surface area contributed by atoms with Crippen LogP contribution in [0.5, 0.6) is 0 Å². The summed E-state index contributed by atoms with van der Waals surface area (Å²) >= 11 is 3.40. The number of aliphatic carboxylic acids is 2. The third-order valence-electron chi connectivity index (χ3n) is 4.81. The Morgan fingerprint density at radius 1 is 1.38 bits per heavy atom. The van der Waals surface area contributed by atoms with Gasteiger partial charge in [0.05, 0.1) is 0 Å². The molecule has 0 aromatic carbocycles. The lowest BCUT2D eigenvalue weighted by molar-refractivity contribution is -0.150. The van der Waals surface area contributed by atoms with Gasteiger partial charge < -0.3 is 26.1 Å². The molecule has 4 heterocycles. The Hall–Kier alpha value is -3.96. The van der Waals surface area contributed by atoms with Crippen LogP contribution in [-0.2, 0) is 24.0 Å². The number of aromatic nitrogens is 3. The predicted molar refractivity (Wildman–Crippen MR) is 133 cm³/mol. The molecule has 17 heteroatoms. The molecule has 1 saturated heterocycles. The van der Waals surface area contributed by atoms with Crippen LogP contribution in [0, 0.1) is 0 Å². The van der Waals surface area contributed by atoms with Crippen molar-refractivity contribution in [3.8, 4) is 0 Å². The number of carboxylic acids is 2. The van der Waals surface area contributed by atoms with E-state index >= 15 is 0 Å². The van der Waals surface area contributed by atoms with Gasteiger partial charge in [0, 0.05) is 34.6 Å². The Kier molecular flexibility index (Phi) is 8.04. The van der Waals surface area contributed by atoms with Crippen molar-refractivity contribution in [1.29, 1.82) is 0 Å². The second-order valence-corrected chi connectivity index (χ2v) is 10.1. The Labute approximate surface area is 220 Å². The number of nitrogens with one attached hydrogen (secondary N) is 1. The van der Waals surface area contributed by atoms with Gasteiger partial charge in [0.1, 0.15) is 17.1 Å². The fraction of sp³-hybridized carbons (Fsp3) is 0.200. The largest absolute Gasteiger partial charge is 0.479 e. The summed E-state index contributed by atoms with van der Waals surface area (Å²) < 4.78 is 3.87. The minimum Gasteiger partial charge on any atom is -0.479 e. The molecule has 0 radical (unpaired) electrons. The summed E-state index contributed by atoms with van der Waals surface area (Å²) in [6.45, 7) is -0.826. The van der Waals surface area contributed by atoms with E-state index in [-0.39, 0.29) is 22.4 Å². The zero-order chi connectivity index (χ0) is 26.5. The number of hydrogen-bond acceptors (Lipinski definition) is 13. The zero-order valence-electron chi connectivity index (χ0n) is 18.5. The summed E-state index contributed by atoms with van der Waals surface area (Å²) in [7, 11) is 0. The number of nitrogens with two attached hydrogens (primary N) is 1. The van der Waals surface area contributed by atoms with Crippen molar-refractivity contribution in [2.75, 3.05) is 18.1 Å². The maximum atomic E-state index is 12.9. The minimum atomic E-state index is -1.32. The Morgan fingerprint density at radius 2 is 2.19 bits per heavy atom. The van der Waals surface area contributed by atoms with Crippen molar-refractivity contribution in [2.24, 2.45) is 5.16 Å². The first-order valence-corrected chi connectivity index (χ1v) is 12.9. The van der Waals surface area contributed by atoms with E-state index in [0.717, 1.165) is 21.3 Å². The number of thioether (sulfide) groups is 2. The first-order valence-electron chi connectivity index (χ1n) is 10.2. The standard InChI is InChI=1S/C20H17N7O7S3/c21-20-24-15(26-37-20)12(25-34-7-11(28)29)16(30)23-13-17(31)27-14(19(32)33)9(8-36-18(13)27)3-5-35-10-2-1-4-22-6-10/h1-6,13,18H,7-8H2,(H,23,30)(H,28,29)(H,32,33)(H2,21,24,26)/t13?,18-/m0/s1. The number of allylic oxidation sites excluding steroid dienone is 1. The van der Waals surface area contributed by atoms with Gasteiger partial charge in [-0.25, -0.2) is 9.59 Å². The molecule has 1 fully saturated rings. The molecule has 0 spiro atoms. The average Bonchev–Trinajstić information content (AvgIpc) is 3.30. The van der Waals surface area contributed by atoms with Crippen molar-refractivity contribution in [1.82, 2.24) is 24.6 Å². The van der Waals surface area contributed by atoms with Crippen LogP contribution in [-0.4, -0.2) is 82.7 Å². The van der Waals surface area contributed by atoms with Crippen molar-refractivity contribution in [3.05, 3.63) is 53.1 Å². The Morgan fingerprint density at radius 3 is 2.84 bits per heavy atom. The van der Waals surface area contributed by atoms with E-state index in [9.17, 15) is 24.3 Å². The lowest BCUT2D eigenvalue weighted by Gasteiger charge is -2.49. The second-order valence-electron chi connectivity index (χ2n) is 7.21. The Bertz CT molecular complexity index is 1330. The number of nitrogens with zero attached hydrogens (tertiary/aromatic N) is 5. The first-order chi connectivity index (χ1) is 17.8. The lowest BCUT2D eigenvalue weighted by atomic mass is 10.0. The van der Waals surface area contributed by atoms with E-state index in [0.29, 0.717) is 5.57 Å². The highest BCUT2D eigenvalue weighted by molar-refractivity contribution is 8.02. The molecule has 192 valence electrons. The number of carbonyl (C=O) groups excluding carboxylic acids is 2. The fourth-order valence-electron chi connectivity index (χ4n) is 3.26. The summed E-state index contributed by atoms with van der Waals surface area (Å²) in [5.41, 5.74) is 5.34. The van der Waals surface area contributed by atoms with E-state index in [4.69, 9.17) is 10.8 Å². The van der Waals surface area contributed by atoms with E-state index in [1.165, 1.54) is 23.5 Å². The van der Waals surface area contributed by atoms with Gasteiger partial charge in [-0.05, 0) is 29.2 Å². The van der Waals surface area contributed by atoms with Gasteiger partial charge in [0.15, 0.2) is 5.13 Å². The molecule has 37 heavy (non-hydrogen) atoms. The number of nitrogen functional groups attached to an aromatic ring is 1. The molecule has 5 N–H and O–H groups in total. The molecule has 2 atom stereocenters. The van der Waals surface area contributed by atoms with Gasteiger partial charge in [-0.15, -0.1) is 11.8 Å². The normalized spacial score (nSPS) is 19.4. The van der Waals surface area contributed by atoms with Crippen LogP contribution in [0.25, 0.3) is 0 Å². The maximum absolute atomic E-state index is 12.9. The number of carbonyl (C=O) groups is 4. The highest BCUT2D eigenvalue weighted by Gasteiger charge is 2.54. The number of oxime groups is 1. The van der Waals surface area contributed by atoms with Gasteiger partial charge in [-0.1, -0.05) is 16.9 Å². The second kappa shape index (κ2) is 11.4. The third-order valence-corrected chi connectivity index (χ3v) is 7.44. The SMILES string of the molecule is Nc1nc(C(=NOCC(=O)O)C(=O)NC2C(=O)N3C(C(=O)O)=C(C=CSc4cccnc4)CS[C@@H]23)ns1. The van der Waals surface area contributed by atoms with E-state index < -0.39 is 47.5 Å². The fourth-order valence-corrected chi connectivity index (χ4v) is 5.68. The molecule has 2 aromatic rings. The molecule has 2 aliphatic heterocycles. The average molecular weight is 564 g/mol. The monoisotopic (exact) mass is 563 g/mol. The summed E-state index contributed by atoms with van der Waals surface area (Å²) in [5, 5.41) is 25.6. The van der Waals surface area contributed by atoms with Crippen molar-refractivity contribution < 1.29 is 34.2 Å². The lowest BCUT2D eigenvalue weighted by Crippen LogP contribution is -2.71. The summed E-state index contributed by atoms with van der Waals surface area (Å²) in [4.78, 5) is 63.0. The Balaban J connectivity index is 1.49. The van der Waals surface area contributed by atoms with Crippen LogP contribution in [0.15, 0.2) is 57.3 Å². The molecular weight excluding hydrogens is 546 g/mol. The number of rotatable bonds is 10. The van der Waals surface area contributed by atoms with Gasteiger partial charge in [0.25, 0.3) is 11.8 Å². The van der Waals surface area contributed by atoms with Gasteiger partial charge in [0.2, 0.25) is 18.1 Å². The first kappa shape index (κ1) is 26.1. The van der Waals surface area contributed by atoms with Gasteiger partial charge in [-0.2, -0.15) is 9.36 Å². The number of hydrogen-bond donors (Lipinski definition) is 4. The van der Waals surface area contributed by atoms with Crippen molar-refractivity contribution >= 4 is 69.7 Å². The van der Waals surface area contributed by atoms with E-state index in [1.807, 2.05) is 6.07 Å². The van der Waals surface area contributed by atoms with Crippen LogP contribution in [0.2, 0.25) is 0 Å². The molecule has 0 saturated carbocycles. The topological polar surface area (TPSA) is 210 Å². The number of pyridine rings is 1. The van der Waals surface area contributed by atoms with Crippen molar-refractivity contribution in [2.45, 2.75) is 16.3 Å². The number of fused-ring (bicyclic) bond motifs is 1. The highest BCUT2D eigenvalue weighted by atomic mass is 32.2. The highest BCUT2D eigenvalue weighted by Crippen LogP contribution is 2.41. The molecular formula is C20H17N7O7S3. The van der Waals surface area contributed by atoms with E-state index in [2.05, 4.69) is 29.7 Å². The number of β-lactam (4-membered cyclic amide) rings is 1. The van der Waals surface area contributed by atoms with Crippen molar-refractivity contribution in [3.63, 3.8) is 0 Å². The molecule has 2 amide bonds. The predicted octanol–water partition coefficient (Wildman–Crippen LogP) is 0.365. The third kappa shape index (κ3) is 5.89. The summed E-state index contributed by atoms with van der Waals surface area (Å²) in [6.07, 6.45) is 4.94. The van der Waals surface area contributed by atoms with Crippen LogP contribution < -0.4 is 11.1 Å². The van der Waals surface area contributed by atoms with Crippen LogP contribution >= 0.6 is 35.1 Å². The van der Waals surface area contributed by atoms with Crippen LogP contribution in [0.3, 0.4) is 0 Å². The molecule has 0 aliphatic carbocycles.